The van der Waals surface area contributed by atoms with Crippen molar-refractivity contribution in [3.8, 4) is 17.2 Å². The molecule has 1 heterocycles. The number of carbonyl (C=O) groups excluding carboxylic acids is 1. The number of hydrogen-bond acceptors (Lipinski definition) is 6. The zero-order valence-corrected chi connectivity index (χ0v) is 13.7. The van der Waals surface area contributed by atoms with Gasteiger partial charge in [0.2, 0.25) is 5.75 Å². The number of carbonyl (C=O) groups is 1. The number of benzene rings is 1. The Kier molecular flexibility index (Phi) is 5.65. The van der Waals surface area contributed by atoms with Gasteiger partial charge in [0.05, 0.1) is 26.9 Å². The molecule has 2 rings (SSSR count). The van der Waals surface area contributed by atoms with E-state index in [1.807, 2.05) is 0 Å². The number of rotatable bonds is 6. The molecule has 0 saturated heterocycles. The molecule has 1 aromatic carbocycles. The van der Waals surface area contributed by atoms with Gasteiger partial charge in [0.1, 0.15) is 11.8 Å². The fourth-order valence-corrected chi connectivity index (χ4v) is 2.03. The minimum atomic E-state index is -0.515. The largest absolute Gasteiger partial charge is 0.493 e. The van der Waals surface area contributed by atoms with Crippen LogP contribution in [-0.4, -0.2) is 32.3 Å². The summed E-state index contributed by atoms with van der Waals surface area (Å²) in [6.07, 6.45) is 1.55. The molecular weight excluding hydrogens is 322 g/mol. The van der Waals surface area contributed by atoms with Gasteiger partial charge in [0.15, 0.2) is 11.5 Å². The Morgan fingerprint density at radius 3 is 2.22 bits per heavy atom. The summed E-state index contributed by atoms with van der Waals surface area (Å²) in [5.41, 5.74) is 1.02. The zero-order chi connectivity index (χ0) is 16.8. The molecule has 2 aromatic rings. The number of hydrogen-bond donors (Lipinski definition) is 0. The van der Waals surface area contributed by atoms with Gasteiger partial charge in [-0.1, -0.05) is 17.7 Å². The lowest BCUT2D eigenvalue weighted by atomic mass is 10.2. The quantitative estimate of drug-likeness (QED) is 0.596. The van der Waals surface area contributed by atoms with Crippen molar-refractivity contribution in [1.82, 2.24) is 4.98 Å². The lowest BCUT2D eigenvalue weighted by molar-refractivity contribution is 0.0471. The summed E-state index contributed by atoms with van der Waals surface area (Å²) in [7, 11) is 4.45. The van der Waals surface area contributed by atoms with Crippen molar-refractivity contribution >= 4 is 17.6 Å². The van der Waals surface area contributed by atoms with Gasteiger partial charge in [-0.3, -0.25) is 0 Å². The molecule has 0 aliphatic heterocycles. The standard InChI is InChI=1S/C16H16ClNO5/c1-20-12-6-11(7-13(21-2)15(12)22-3)16(19)23-9-10-4-5-14(17)18-8-10/h4-8H,9H2,1-3H3. The third-order valence-electron chi connectivity index (χ3n) is 3.06. The van der Waals surface area contributed by atoms with Gasteiger partial charge in [-0.15, -0.1) is 0 Å². The van der Waals surface area contributed by atoms with Crippen molar-refractivity contribution in [2.75, 3.05) is 21.3 Å². The molecule has 0 spiro atoms. The summed E-state index contributed by atoms with van der Waals surface area (Å²) in [5, 5.41) is 0.379. The molecule has 0 amide bonds. The van der Waals surface area contributed by atoms with Crippen LogP contribution in [0.15, 0.2) is 30.5 Å². The van der Waals surface area contributed by atoms with Crippen molar-refractivity contribution < 1.29 is 23.7 Å². The Morgan fingerprint density at radius 1 is 1.09 bits per heavy atom. The first-order chi connectivity index (χ1) is 11.1. The lowest BCUT2D eigenvalue weighted by Crippen LogP contribution is -2.07. The smallest absolute Gasteiger partial charge is 0.338 e. The predicted octanol–water partition coefficient (Wildman–Crippen LogP) is 3.12. The maximum atomic E-state index is 12.2. The van der Waals surface area contributed by atoms with Gasteiger partial charge in [-0.2, -0.15) is 0 Å². The number of ether oxygens (including phenoxy) is 4. The molecule has 0 radical (unpaired) electrons. The van der Waals surface area contributed by atoms with Crippen molar-refractivity contribution in [2.24, 2.45) is 0 Å². The molecule has 0 atom stereocenters. The monoisotopic (exact) mass is 337 g/mol. The van der Waals surface area contributed by atoms with Gasteiger partial charge in [-0.25, -0.2) is 9.78 Å². The van der Waals surface area contributed by atoms with E-state index in [4.69, 9.17) is 30.5 Å². The van der Waals surface area contributed by atoms with E-state index in [2.05, 4.69) is 4.98 Å². The highest BCUT2D eigenvalue weighted by molar-refractivity contribution is 6.29. The van der Waals surface area contributed by atoms with Crippen LogP contribution in [0.5, 0.6) is 17.2 Å². The summed E-state index contributed by atoms with van der Waals surface area (Å²) in [6, 6.07) is 6.43. The Labute approximate surface area is 138 Å². The van der Waals surface area contributed by atoms with Crippen molar-refractivity contribution in [1.29, 1.82) is 0 Å². The predicted molar refractivity (Wildman–Crippen MR) is 84.5 cm³/mol. The van der Waals surface area contributed by atoms with Crippen LogP contribution in [-0.2, 0) is 11.3 Å². The summed E-state index contributed by atoms with van der Waals surface area (Å²) >= 11 is 5.71. The molecule has 7 heteroatoms. The average molecular weight is 338 g/mol. The van der Waals surface area contributed by atoms with Crippen molar-refractivity contribution in [2.45, 2.75) is 6.61 Å². The molecule has 0 N–H and O–H groups in total. The van der Waals surface area contributed by atoms with Crippen LogP contribution in [0.4, 0.5) is 0 Å². The maximum Gasteiger partial charge on any atom is 0.338 e. The van der Waals surface area contributed by atoms with Crippen LogP contribution in [0.3, 0.4) is 0 Å². The third-order valence-corrected chi connectivity index (χ3v) is 3.28. The summed E-state index contributed by atoms with van der Waals surface area (Å²) in [5.74, 6) is 0.659. The molecule has 1 aromatic heterocycles. The van der Waals surface area contributed by atoms with Crippen LogP contribution >= 0.6 is 11.6 Å². The van der Waals surface area contributed by atoms with Crippen LogP contribution in [0, 0.1) is 0 Å². The molecule has 0 bridgehead atoms. The summed E-state index contributed by atoms with van der Waals surface area (Å²) in [6.45, 7) is 0.0830. The van der Waals surface area contributed by atoms with Crippen molar-refractivity contribution in [3.63, 3.8) is 0 Å². The summed E-state index contributed by atoms with van der Waals surface area (Å²) in [4.78, 5) is 16.1. The second-order valence-corrected chi connectivity index (χ2v) is 4.87. The minimum Gasteiger partial charge on any atom is -0.493 e. The van der Waals surface area contributed by atoms with Crippen molar-refractivity contribution in [3.05, 3.63) is 46.7 Å². The Balaban J connectivity index is 2.16. The fourth-order valence-electron chi connectivity index (χ4n) is 1.92. The minimum absolute atomic E-state index is 0.0830. The van der Waals surface area contributed by atoms with E-state index >= 15 is 0 Å². The number of esters is 1. The van der Waals surface area contributed by atoms with E-state index in [0.717, 1.165) is 5.56 Å². The maximum absolute atomic E-state index is 12.2. The molecule has 0 aliphatic rings. The third kappa shape index (κ3) is 4.04. The molecule has 23 heavy (non-hydrogen) atoms. The SMILES string of the molecule is COc1cc(C(=O)OCc2ccc(Cl)nc2)cc(OC)c1OC. The molecule has 0 fully saturated rings. The van der Waals surface area contributed by atoms with Crippen LogP contribution in [0.25, 0.3) is 0 Å². The van der Waals surface area contributed by atoms with Gasteiger partial charge < -0.3 is 18.9 Å². The molecule has 122 valence electrons. The van der Waals surface area contributed by atoms with Gasteiger partial charge in [0, 0.05) is 11.8 Å². The van der Waals surface area contributed by atoms with Crippen LogP contribution < -0.4 is 14.2 Å². The number of methoxy groups -OCH3 is 3. The number of halogens is 1. The molecule has 0 aliphatic carbocycles. The number of nitrogens with zero attached hydrogens (tertiary/aromatic N) is 1. The van der Waals surface area contributed by atoms with Crippen LogP contribution in [0.2, 0.25) is 5.15 Å². The molecular formula is C16H16ClNO5. The van der Waals surface area contributed by atoms with Gasteiger partial charge >= 0.3 is 5.97 Å². The average Bonchev–Trinajstić information content (AvgIpc) is 2.59. The van der Waals surface area contributed by atoms with E-state index in [9.17, 15) is 4.79 Å². The van der Waals surface area contributed by atoms with E-state index in [-0.39, 0.29) is 6.61 Å². The Morgan fingerprint density at radius 2 is 1.74 bits per heavy atom. The topological polar surface area (TPSA) is 66.9 Å². The highest BCUT2D eigenvalue weighted by Crippen LogP contribution is 2.38. The van der Waals surface area contributed by atoms with E-state index < -0.39 is 5.97 Å². The highest BCUT2D eigenvalue weighted by atomic mass is 35.5. The van der Waals surface area contributed by atoms with Gasteiger partial charge in [0.25, 0.3) is 0 Å². The highest BCUT2D eigenvalue weighted by Gasteiger charge is 2.17. The first kappa shape index (κ1) is 16.9. The number of pyridine rings is 1. The van der Waals surface area contributed by atoms with E-state index in [1.54, 1.807) is 18.3 Å². The molecule has 0 unspecified atom stereocenters. The first-order valence-corrected chi connectivity index (χ1v) is 7.04. The normalized spacial score (nSPS) is 10.1. The lowest BCUT2D eigenvalue weighted by Gasteiger charge is -2.13. The summed E-state index contributed by atoms with van der Waals surface area (Å²) < 4.78 is 20.9. The number of aromatic nitrogens is 1. The Bertz CT molecular complexity index is 662. The first-order valence-electron chi connectivity index (χ1n) is 6.66. The molecule has 0 saturated carbocycles. The Hall–Kier alpha value is -2.47. The second kappa shape index (κ2) is 7.69. The fraction of sp³-hybridized carbons (Fsp3) is 0.250. The second-order valence-electron chi connectivity index (χ2n) is 4.48. The zero-order valence-electron chi connectivity index (χ0n) is 13.0. The molecule has 6 nitrogen and oxygen atoms in total. The van der Waals surface area contributed by atoms with E-state index in [1.165, 1.54) is 33.5 Å². The van der Waals surface area contributed by atoms with Gasteiger partial charge in [-0.05, 0) is 18.2 Å². The van der Waals surface area contributed by atoms with E-state index in [0.29, 0.717) is 28.0 Å². The van der Waals surface area contributed by atoms with Crippen LogP contribution in [0.1, 0.15) is 15.9 Å².